The number of hydrogen-bond donors (Lipinski definition) is 0. The Morgan fingerprint density at radius 1 is 1.45 bits per heavy atom. The molecule has 1 amide bonds. The number of benzene rings is 1. The lowest BCUT2D eigenvalue weighted by atomic mass is 10.1. The Kier molecular flexibility index (Phi) is 4.51. The normalized spacial score (nSPS) is 21.0. The summed E-state index contributed by atoms with van der Waals surface area (Å²) in [6, 6.07) is 3.30. The molecule has 1 atom stereocenters. The number of hydrogen-bond acceptors (Lipinski definition) is 5. The lowest BCUT2D eigenvalue weighted by Gasteiger charge is -2.26. The van der Waals surface area contributed by atoms with E-state index < -0.39 is 33.9 Å². The third-order valence-electron chi connectivity index (χ3n) is 2.81. The number of halogens is 2. The summed E-state index contributed by atoms with van der Waals surface area (Å²) in [4.78, 5) is 12.2. The van der Waals surface area contributed by atoms with Gasteiger partial charge in [0.05, 0.1) is 11.1 Å². The molecule has 1 fully saturated rings. The second kappa shape index (κ2) is 5.78. The van der Waals surface area contributed by atoms with Crippen LogP contribution in [0.3, 0.4) is 0 Å². The first-order valence-electron chi connectivity index (χ1n) is 6.38. The summed E-state index contributed by atoms with van der Waals surface area (Å²) in [7, 11) is -4.31. The summed E-state index contributed by atoms with van der Waals surface area (Å²) in [6.07, 6.45) is -1.10. The minimum absolute atomic E-state index is 0.0290. The molecule has 9 heteroatoms. The highest BCUT2D eigenvalue weighted by Gasteiger charge is 2.46. The van der Waals surface area contributed by atoms with Gasteiger partial charge in [-0.2, -0.15) is 12.7 Å². The van der Waals surface area contributed by atoms with Gasteiger partial charge in [-0.15, -0.1) is 0 Å². The molecule has 0 unspecified atom stereocenters. The average Bonchev–Trinajstić information content (AvgIpc) is 2.66. The smallest absolute Gasteiger partial charge is 0.426 e. The standard InChI is InChI=1S/C13H15BrFNO5S/c1-13(2,3)21-12(17)16-10(7-20-22(16,18)19)8-5-4-6-9(14)11(8)15/h4-6,10H,7H2,1-3H3/t10-/m1/s1. The molecule has 1 aliphatic heterocycles. The van der Waals surface area contributed by atoms with Crippen molar-refractivity contribution in [3.63, 3.8) is 0 Å². The molecular formula is C13H15BrFNO5S. The van der Waals surface area contributed by atoms with Crippen LogP contribution in [0.1, 0.15) is 32.4 Å². The van der Waals surface area contributed by atoms with E-state index in [0.717, 1.165) is 0 Å². The maximum absolute atomic E-state index is 14.2. The number of amides is 1. The molecule has 0 aliphatic carbocycles. The van der Waals surface area contributed by atoms with Crippen LogP contribution in [0.5, 0.6) is 0 Å². The van der Waals surface area contributed by atoms with Gasteiger partial charge >= 0.3 is 16.4 Å². The van der Waals surface area contributed by atoms with Crippen LogP contribution in [0.25, 0.3) is 0 Å². The van der Waals surface area contributed by atoms with Gasteiger partial charge < -0.3 is 4.74 Å². The molecule has 6 nitrogen and oxygen atoms in total. The van der Waals surface area contributed by atoms with E-state index in [0.29, 0.717) is 4.31 Å². The van der Waals surface area contributed by atoms with Gasteiger partial charge in [-0.1, -0.05) is 12.1 Å². The second-order valence-corrected chi connectivity index (χ2v) is 8.02. The fraction of sp³-hybridized carbons (Fsp3) is 0.462. The molecule has 1 saturated heterocycles. The summed E-state index contributed by atoms with van der Waals surface area (Å²) >= 11 is 3.03. The average molecular weight is 396 g/mol. The molecule has 0 saturated carbocycles. The molecule has 1 aromatic rings. The van der Waals surface area contributed by atoms with Gasteiger partial charge in [0.1, 0.15) is 17.5 Å². The van der Waals surface area contributed by atoms with E-state index in [-0.39, 0.29) is 16.6 Å². The molecule has 0 N–H and O–H groups in total. The van der Waals surface area contributed by atoms with E-state index in [4.69, 9.17) is 4.74 Å². The van der Waals surface area contributed by atoms with Crippen LogP contribution < -0.4 is 0 Å². The topological polar surface area (TPSA) is 72.9 Å². The van der Waals surface area contributed by atoms with E-state index in [2.05, 4.69) is 20.1 Å². The molecule has 0 bridgehead atoms. The number of nitrogens with zero attached hydrogens (tertiary/aromatic N) is 1. The lowest BCUT2D eigenvalue weighted by molar-refractivity contribution is 0.0354. The first kappa shape index (κ1) is 17.2. The van der Waals surface area contributed by atoms with Crippen LogP contribution in [-0.4, -0.2) is 31.0 Å². The van der Waals surface area contributed by atoms with Gasteiger partial charge in [0.25, 0.3) is 0 Å². The van der Waals surface area contributed by atoms with Crippen LogP contribution in [0.15, 0.2) is 22.7 Å². The number of rotatable bonds is 1. The van der Waals surface area contributed by atoms with E-state index >= 15 is 0 Å². The van der Waals surface area contributed by atoms with Crippen LogP contribution in [0.4, 0.5) is 9.18 Å². The van der Waals surface area contributed by atoms with Crippen LogP contribution in [0.2, 0.25) is 0 Å². The highest BCUT2D eigenvalue weighted by molar-refractivity contribution is 9.10. The predicted molar refractivity (Wildman–Crippen MR) is 79.8 cm³/mol. The van der Waals surface area contributed by atoms with E-state index in [1.165, 1.54) is 12.1 Å². The van der Waals surface area contributed by atoms with Crippen molar-refractivity contribution >= 4 is 32.3 Å². The Hall–Kier alpha value is -1.19. The zero-order chi connectivity index (χ0) is 16.7. The maximum atomic E-state index is 14.2. The molecule has 22 heavy (non-hydrogen) atoms. The van der Waals surface area contributed by atoms with Gasteiger partial charge in [-0.25, -0.2) is 9.18 Å². The molecule has 2 rings (SSSR count). The van der Waals surface area contributed by atoms with Crippen molar-refractivity contribution in [1.29, 1.82) is 0 Å². The van der Waals surface area contributed by atoms with Crippen molar-refractivity contribution in [2.45, 2.75) is 32.4 Å². The zero-order valence-electron chi connectivity index (χ0n) is 12.2. The van der Waals surface area contributed by atoms with Crippen LogP contribution in [0, 0.1) is 5.82 Å². The fourth-order valence-electron chi connectivity index (χ4n) is 1.95. The first-order chi connectivity index (χ1) is 10.0. The van der Waals surface area contributed by atoms with Gasteiger partial charge in [-0.3, -0.25) is 4.18 Å². The summed E-state index contributed by atoms with van der Waals surface area (Å²) < 4.78 is 48.4. The Morgan fingerprint density at radius 2 is 2.09 bits per heavy atom. The van der Waals surface area contributed by atoms with Crippen molar-refractivity contribution in [2.24, 2.45) is 0 Å². The summed E-state index contributed by atoms with van der Waals surface area (Å²) in [5.41, 5.74) is -0.864. The molecule has 1 aromatic carbocycles. The third-order valence-corrected chi connectivity index (χ3v) is 4.74. The quantitative estimate of drug-likeness (QED) is 0.729. The van der Waals surface area contributed by atoms with Crippen LogP contribution in [-0.2, 0) is 19.2 Å². The molecular weight excluding hydrogens is 381 g/mol. The monoisotopic (exact) mass is 395 g/mol. The molecule has 0 radical (unpaired) electrons. The second-order valence-electron chi connectivity index (χ2n) is 5.68. The molecule has 0 aromatic heterocycles. The largest absolute Gasteiger partial charge is 0.443 e. The van der Waals surface area contributed by atoms with Crippen molar-refractivity contribution in [3.8, 4) is 0 Å². The summed E-state index contributed by atoms with van der Waals surface area (Å²) in [5, 5.41) is 0. The van der Waals surface area contributed by atoms with Gasteiger partial charge in [-0.05, 0) is 42.8 Å². The molecule has 0 spiro atoms. The zero-order valence-corrected chi connectivity index (χ0v) is 14.6. The minimum Gasteiger partial charge on any atom is -0.443 e. The highest BCUT2D eigenvalue weighted by atomic mass is 79.9. The van der Waals surface area contributed by atoms with E-state index in [1.54, 1.807) is 26.8 Å². The van der Waals surface area contributed by atoms with Gasteiger partial charge in [0.2, 0.25) is 0 Å². The first-order valence-corrected chi connectivity index (χ1v) is 8.54. The summed E-state index contributed by atoms with van der Waals surface area (Å²) in [5.74, 6) is -0.651. The Bertz CT molecular complexity index is 701. The number of ether oxygens (including phenoxy) is 1. The molecule has 122 valence electrons. The number of carbonyl (C=O) groups is 1. The van der Waals surface area contributed by atoms with E-state index in [9.17, 15) is 17.6 Å². The van der Waals surface area contributed by atoms with Crippen molar-refractivity contribution in [2.75, 3.05) is 6.61 Å². The molecule has 1 heterocycles. The SMILES string of the molecule is CC(C)(C)OC(=O)N1[C@@H](c2cccc(Br)c2F)COS1(=O)=O. The predicted octanol–water partition coefficient (Wildman–Crippen LogP) is 3.14. The Labute approximate surface area is 136 Å². The Morgan fingerprint density at radius 3 is 2.68 bits per heavy atom. The van der Waals surface area contributed by atoms with E-state index in [1.807, 2.05) is 0 Å². The van der Waals surface area contributed by atoms with Crippen molar-refractivity contribution < 1.29 is 26.5 Å². The van der Waals surface area contributed by atoms with Crippen LogP contribution >= 0.6 is 15.9 Å². The summed E-state index contributed by atoms with van der Waals surface area (Å²) in [6.45, 7) is 4.43. The number of carbonyl (C=O) groups excluding carboxylic acids is 1. The Balaban J connectivity index is 2.43. The van der Waals surface area contributed by atoms with Gasteiger partial charge in [0.15, 0.2) is 0 Å². The van der Waals surface area contributed by atoms with Gasteiger partial charge in [0, 0.05) is 5.56 Å². The lowest BCUT2D eigenvalue weighted by Crippen LogP contribution is -2.39. The highest BCUT2D eigenvalue weighted by Crippen LogP contribution is 2.35. The minimum atomic E-state index is -4.31. The molecule has 1 aliphatic rings. The fourth-order valence-corrected chi connectivity index (χ4v) is 3.45. The van der Waals surface area contributed by atoms with Crippen molar-refractivity contribution in [1.82, 2.24) is 4.31 Å². The third kappa shape index (κ3) is 3.41. The van der Waals surface area contributed by atoms with Crippen molar-refractivity contribution in [3.05, 3.63) is 34.1 Å². The maximum Gasteiger partial charge on any atom is 0.426 e.